The second-order valence-electron chi connectivity index (χ2n) is 3.47. The molecule has 0 saturated carbocycles. The van der Waals surface area contributed by atoms with E-state index < -0.39 is 0 Å². The molecule has 4 nitrogen and oxygen atoms in total. The first-order valence-corrected chi connectivity index (χ1v) is 4.82. The van der Waals surface area contributed by atoms with Crippen LogP contribution < -0.4 is 5.32 Å². The number of amides is 2. The minimum Gasteiger partial charge on any atom is -0.343 e. The predicted molar refractivity (Wildman–Crippen MR) is 53.6 cm³/mol. The molecule has 0 radical (unpaired) electrons. The highest BCUT2D eigenvalue weighted by Crippen LogP contribution is 2.09. The second kappa shape index (κ2) is 4.26. The molecule has 1 saturated heterocycles. The van der Waals surface area contributed by atoms with Crippen molar-refractivity contribution in [2.24, 2.45) is 0 Å². The number of hydrogen-bond acceptors (Lipinski definition) is 2. The largest absolute Gasteiger partial charge is 0.343 e. The van der Waals surface area contributed by atoms with Gasteiger partial charge < -0.3 is 10.2 Å². The van der Waals surface area contributed by atoms with E-state index in [4.69, 9.17) is 0 Å². The topological polar surface area (TPSA) is 49.4 Å². The van der Waals surface area contributed by atoms with Gasteiger partial charge in [0.25, 0.3) is 0 Å². The van der Waals surface area contributed by atoms with Crippen molar-refractivity contribution >= 4 is 11.8 Å². The Labute approximate surface area is 84.0 Å². The zero-order valence-corrected chi connectivity index (χ0v) is 8.62. The molecule has 1 N–H and O–H groups in total. The van der Waals surface area contributed by atoms with Gasteiger partial charge in [-0.3, -0.25) is 9.59 Å². The van der Waals surface area contributed by atoms with Crippen LogP contribution in [0.3, 0.4) is 0 Å². The molecular formula is C10H16N2O2. The van der Waals surface area contributed by atoms with Gasteiger partial charge in [-0.1, -0.05) is 13.0 Å². The smallest absolute Gasteiger partial charge is 0.246 e. The Kier molecular flexibility index (Phi) is 3.28. The summed E-state index contributed by atoms with van der Waals surface area (Å²) in [6.45, 7) is 7.50. The Bertz CT molecular complexity index is 263. The van der Waals surface area contributed by atoms with Crippen molar-refractivity contribution in [3.05, 3.63) is 12.7 Å². The number of hydrogen-bond donors (Lipinski definition) is 1. The molecule has 2 amide bonds. The lowest BCUT2D eigenvalue weighted by atomic mass is 10.1. The number of piperazine rings is 1. The maximum atomic E-state index is 11.8. The van der Waals surface area contributed by atoms with E-state index in [-0.39, 0.29) is 30.4 Å². The van der Waals surface area contributed by atoms with Crippen LogP contribution in [0, 0.1) is 0 Å². The summed E-state index contributed by atoms with van der Waals surface area (Å²) in [5, 5.41) is 2.66. The first-order valence-electron chi connectivity index (χ1n) is 4.82. The highest BCUT2D eigenvalue weighted by Gasteiger charge is 2.32. The first-order chi connectivity index (χ1) is 6.60. The van der Waals surface area contributed by atoms with Gasteiger partial charge in [0.05, 0.1) is 0 Å². The third-order valence-corrected chi connectivity index (χ3v) is 2.47. The molecule has 0 aromatic rings. The summed E-state index contributed by atoms with van der Waals surface area (Å²) in [7, 11) is 0. The summed E-state index contributed by atoms with van der Waals surface area (Å²) >= 11 is 0. The highest BCUT2D eigenvalue weighted by molar-refractivity contribution is 5.95. The third kappa shape index (κ3) is 1.95. The number of rotatable bonds is 3. The van der Waals surface area contributed by atoms with Crippen LogP contribution in [0.15, 0.2) is 12.7 Å². The summed E-state index contributed by atoms with van der Waals surface area (Å²) in [6.07, 6.45) is 2.30. The Balaban J connectivity index is 2.79. The molecule has 1 heterocycles. The molecule has 0 bridgehead atoms. The number of carbonyl (C=O) groups is 2. The lowest BCUT2D eigenvalue weighted by molar-refractivity contribution is -0.145. The Morgan fingerprint density at radius 2 is 2.36 bits per heavy atom. The van der Waals surface area contributed by atoms with Crippen molar-refractivity contribution in [2.45, 2.75) is 32.4 Å². The summed E-state index contributed by atoms with van der Waals surface area (Å²) in [5.41, 5.74) is 0. The van der Waals surface area contributed by atoms with Gasteiger partial charge in [-0.15, -0.1) is 6.58 Å². The Morgan fingerprint density at radius 1 is 1.71 bits per heavy atom. The summed E-state index contributed by atoms with van der Waals surface area (Å²) in [5.74, 6) is -0.107. The highest BCUT2D eigenvalue weighted by atomic mass is 16.2. The van der Waals surface area contributed by atoms with Crippen LogP contribution in [-0.2, 0) is 9.59 Å². The van der Waals surface area contributed by atoms with Gasteiger partial charge in [0, 0.05) is 6.04 Å². The van der Waals surface area contributed by atoms with E-state index in [2.05, 4.69) is 11.9 Å². The van der Waals surface area contributed by atoms with Gasteiger partial charge in [0.2, 0.25) is 11.8 Å². The zero-order valence-electron chi connectivity index (χ0n) is 8.62. The number of nitrogens with zero attached hydrogens (tertiary/aromatic N) is 1. The summed E-state index contributed by atoms with van der Waals surface area (Å²) < 4.78 is 0. The first kappa shape index (κ1) is 10.8. The van der Waals surface area contributed by atoms with Crippen LogP contribution >= 0.6 is 0 Å². The maximum absolute atomic E-state index is 11.8. The molecule has 0 spiro atoms. The van der Waals surface area contributed by atoms with Crippen LogP contribution in [0.25, 0.3) is 0 Å². The molecule has 4 heteroatoms. The number of nitrogens with one attached hydrogen (secondary N) is 1. The van der Waals surface area contributed by atoms with Crippen molar-refractivity contribution in [2.75, 3.05) is 6.54 Å². The molecule has 14 heavy (non-hydrogen) atoms. The fourth-order valence-electron chi connectivity index (χ4n) is 1.48. The molecule has 1 fully saturated rings. The van der Waals surface area contributed by atoms with Gasteiger partial charge in [-0.25, -0.2) is 0 Å². The molecule has 2 atom stereocenters. The average Bonchev–Trinajstić information content (AvgIpc) is 2.19. The molecule has 1 rings (SSSR count). The van der Waals surface area contributed by atoms with Crippen LogP contribution in [0.1, 0.15) is 20.3 Å². The Hall–Kier alpha value is -1.32. The predicted octanol–water partition coefficient (Wildman–Crippen LogP) is 0.298. The van der Waals surface area contributed by atoms with E-state index in [1.54, 1.807) is 11.0 Å². The van der Waals surface area contributed by atoms with E-state index in [1.165, 1.54) is 0 Å². The fraction of sp³-hybridized carbons (Fsp3) is 0.600. The van der Waals surface area contributed by atoms with Crippen LogP contribution in [0.2, 0.25) is 0 Å². The quantitative estimate of drug-likeness (QED) is 0.660. The minimum absolute atomic E-state index is 0.0144. The number of carbonyl (C=O) groups excluding carboxylic acids is 2. The van der Waals surface area contributed by atoms with Crippen LogP contribution in [-0.4, -0.2) is 35.3 Å². The monoisotopic (exact) mass is 196 g/mol. The van der Waals surface area contributed by atoms with E-state index in [0.717, 1.165) is 0 Å². The van der Waals surface area contributed by atoms with Crippen molar-refractivity contribution in [1.29, 1.82) is 0 Å². The lowest BCUT2D eigenvalue weighted by Crippen LogP contribution is -2.59. The summed E-state index contributed by atoms with van der Waals surface area (Å²) in [6, 6.07) is -0.443. The molecular weight excluding hydrogens is 180 g/mol. The molecule has 0 aromatic heterocycles. The standard InChI is InChI=1S/C10H16N2O2/c1-4-7(3)12-6-9(13)11-8(5-2)10(12)14/h4,7-8H,1,5-6H2,2-3H3,(H,11,13). The molecule has 1 aliphatic heterocycles. The van der Waals surface area contributed by atoms with Gasteiger partial charge in [0.15, 0.2) is 0 Å². The van der Waals surface area contributed by atoms with Crippen molar-refractivity contribution < 1.29 is 9.59 Å². The fourth-order valence-corrected chi connectivity index (χ4v) is 1.48. The van der Waals surface area contributed by atoms with Gasteiger partial charge >= 0.3 is 0 Å². The average molecular weight is 196 g/mol. The van der Waals surface area contributed by atoms with Crippen molar-refractivity contribution in [1.82, 2.24) is 10.2 Å². The SMILES string of the molecule is C=CC(C)N1CC(=O)NC(CC)C1=O. The van der Waals surface area contributed by atoms with Gasteiger partial charge in [-0.05, 0) is 13.3 Å². The second-order valence-corrected chi connectivity index (χ2v) is 3.47. The minimum atomic E-state index is -0.362. The van der Waals surface area contributed by atoms with Gasteiger partial charge in [0.1, 0.15) is 12.6 Å². The molecule has 78 valence electrons. The lowest BCUT2D eigenvalue weighted by Gasteiger charge is -2.34. The molecule has 2 unspecified atom stereocenters. The van der Waals surface area contributed by atoms with E-state index in [1.807, 2.05) is 13.8 Å². The van der Waals surface area contributed by atoms with Crippen LogP contribution in [0.5, 0.6) is 0 Å². The Morgan fingerprint density at radius 3 is 2.86 bits per heavy atom. The third-order valence-electron chi connectivity index (χ3n) is 2.47. The summed E-state index contributed by atoms with van der Waals surface area (Å²) in [4.78, 5) is 24.6. The van der Waals surface area contributed by atoms with Crippen LogP contribution in [0.4, 0.5) is 0 Å². The molecule has 0 aliphatic carbocycles. The van der Waals surface area contributed by atoms with E-state index in [0.29, 0.717) is 6.42 Å². The zero-order chi connectivity index (χ0) is 10.7. The van der Waals surface area contributed by atoms with E-state index >= 15 is 0 Å². The molecule has 1 aliphatic rings. The van der Waals surface area contributed by atoms with E-state index in [9.17, 15) is 9.59 Å². The maximum Gasteiger partial charge on any atom is 0.246 e. The van der Waals surface area contributed by atoms with Gasteiger partial charge in [-0.2, -0.15) is 0 Å². The normalized spacial score (nSPS) is 24.4. The molecule has 0 aromatic carbocycles. The van der Waals surface area contributed by atoms with Crippen molar-refractivity contribution in [3.8, 4) is 0 Å². The van der Waals surface area contributed by atoms with Crippen molar-refractivity contribution in [3.63, 3.8) is 0 Å².